The zero-order valence-corrected chi connectivity index (χ0v) is 10.3. The summed E-state index contributed by atoms with van der Waals surface area (Å²) in [7, 11) is 4.25. The summed E-state index contributed by atoms with van der Waals surface area (Å²) in [6.07, 6.45) is 0. The van der Waals surface area contributed by atoms with Crippen molar-refractivity contribution in [2.75, 3.05) is 40.3 Å². The summed E-state index contributed by atoms with van der Waals surface area (Å²) in [5.41, 5.74) is 0.294. The third-order valence-electron chi connectivity index (χ3n) is 2.99. The predicted molar refractivity (Wildman–Crippen MR) is 61.7 cm³/mol. The second kappa shape index (κ2) is 4.60. The smallest absolute Gasteiger partial charge is 0.0353 e. The van der Waals surface area contributed by atoms with Crippen LogP contribution < -0.4 is 5.32 Å². The van der Waals surface area contributed by atoms with E-state index in [1.807, 2.05) is 7.05 Å². The second-order valence-electron chi connectivity index (χ2n) is 5.34. The van der Waals surface area contributed by atoms with E-state index in [4.69, 9.17) is 0 Å². The summed E-state index contributed by atoms with van der Waals surface area (Å²) >= 11 is 0. The van der Waals surface area contributed by atoms with Gasteiger partial charge in [0.2, 0.25) is 0 Å². The van der Waals surface area contributed by atoms with E-state index in [0.29, 0.717) is 11.6 Å². The van der Waals surface area contributed by atoms with Crippen molar-refractivity contribution in [2.45, 2.75) is 32.4 Å². The molecule has 0 aliphatic carbocycles. The first-order chi connectivity index (χ1) is 6.45. The van der Waals surface area contributed by atoms with Gasteiger partial charge in [0.1, 0.15) is 0 Å². The van der Waals surface area contributed by atoms with E-state index >= 15 is 0 Å². The topological polar surface area (TPSA) is 18.5 Å². The molecular formula is C11H25N3. The first kappa shape index (κ1) is 12.0. The lowest BCUT2D eigenvalue weighted by Gasteiger charge is -2.47. The van der Waals surface area contributed by atoms with Gasteiger partial charge < -0.3 is 10.2 Å². The molecule has 3 heteroatoms. The quantitative estimate of drug-likeness (QED) is 0.703. The Labute approximate surface area is 88.5 Å². The molecule has 1 aliphatic rings. The lowest BCUT2D eigenvalue weighted by Crippen LogP contribution is -2.60. The number of rotatable bonds is 2. The van der Waals surface area contributed by atoms with E-state index in [-0.39, 0.29) is 0 Å². The summed E-state index contributed by atoms with van der Waals surface area (Å²) in [6, 6.07) is 0.652. The Hall–Kier alpha value is -0.120. The Bertz CT molecular complexity index is 174. The average Bonchev–Trinajstić information content (AvgIpc) is 2.02. The van der Waals surface area contributed by atoms with Gasteiger partial charge in [-0.05, 0) is 34.9 Å². The van der Waals surface area contributed by atoms with E-state index in [0.717, 1.165) is 6.54 Å². The lowest BCUT2D eigenvalue weighted by molar-refractivity contribution is 0.0202. The fourth-order valence-electron chi connectivity index (χ4n) is 2.30. The van der Waals surface area contributed by atoms with E-state index < -0.39 is 0 Å². The minimum Gasteiger partial charge on any atom is -0.318 e. The van der Waals surface area contributed by atoms with Crippen molar-refractivity contribution in [1.82, 2.24) is 15.1 Å². The van der Waals surface area contributed by atoms with Gasteiger partial charge in [0.15, 0.2) is 0 Å². The van der Waals surface area contributed by atoms with Crippen molar-refractivity contribution in [3.8, 4) is 0 Å². The van der Waals surface area contributed by atoms with Gasteiger partial charge in [0.05, 0.1) is 0 Å². The highest BCUT2D eigenvalue weighted by atomic mass is 15.3. The Morgan fingerprint density at radius 1 is 1.29 bits per heavy atom. The maximum atomic E-state index is 3.29. The van der Waals surface area contributed by atoms with Crippen LogP contribution in [0.3, 0.4) is 0 Å². The first-order valence-electron chi connectivity index (χ1n) is 5.55. The molecule has 3 nitrogen and oxygen atoms in total. The molecule has 1 heterocycles. The van der Waals surface area contributed by atoms with Crippen LogP contribution in [0.25, 0.3) is 0 Å². The summed E-state index contributed by atoms with van der Waals surface area (Å²) < 4.78 is 0. The molecule has 0 amide bonds. The zero-order valence-electron chi connectivity index (χ0n) is 10.3. The minimum atomic E-state index is 0.294. The number of nitrogens with one attached hydrogen (secondary N) is 1. The molecule has 0 saturated carbocycles. The third-order valence-corrected chi connectivity index (χ3v) is 2.99. The molecule has 0 aromatic rings. The van der Waals surface area contributed by atoms with Gasteiger partial charge in [-0.2, -0.15) is 0 Å². The second-order valence-corrected chi connectivity index (χ2v) is 5.34. The zero-order chi connectivity index (χ0) is 10.8. The summed E-state index contributed by atoms with van der Waals surface area (Å²) in [4.78, 5) is 5.04. The van der Waals surface area contributed by atoms with Crippen molar-refractivity contribution < 1.29 is 0 Å². The van der Waals surface area contributed by atoms with Gasteiger partial charge in [-0.3, -0.25) is 4.90 Å². The fourth-order valence-corrected chi connectivity index (χ4v) is 2.30. The molecule has 1 saturated heterocycles. The molecule has 14 heavy (non-hydrogen) atoms. The lowest BCUT2D eigenvalue weighted by atomic mass is 10.0. The molecule has 0 aromatic heterocycles. The highest BCUT2D eigenvalue weighted by molar-refractivity contribution is 4.89. The number of piperazine rings is 1. The Morgan fingerprint density at radius 3 is 2.43 bits per heavy atom. The van der Waals surface area contributed by atoms with Gasteiger partial charge in [-0.15, -0.1) is 0 Å². The van der Waals surface area contributed by atoms with Crippen LogP contribution in [0.1, 0.15) is 20.8 Å². The number of likely N-dealkylation sites (N-methyl/N-ethyl adjacent to an activating group) is 2. The van der Waals surface area contributed by atoms with Gasteiger partial charge in [0, 0.05) is 37.8 Å². The summed E-state index contributed by atoms with van der Waals surface area (Å²) in [6.45, 7) is 11.6. The number of nitrogens with zero attached hydrogens (tertiary/aromatic N) is 2. The molecule has 0 aromatic carbocycles. The van der Waals surface area contributed by atoms with Crippen molar-refractivity contribution in [3.05, 3.63) is 0 Å². The standard InChI is InChI=1S/C11H25N3/c1-11(2,3)14-7-6-13(5)9-10(14)8-12-4/h10,12H,6-9H2,1-5H3. The van der Waals surface area contributed by atoms with Crippen LogP contribution in [0, 0.1) is 0 Å². The van der Waals surface area contributed by atoms with E-state index in [9.17, 15) is 0 Å². The molecule has 1 fully saturated rings. The van der Waals surface area contributed by atoms with Crippen LogP contribution in [0.15, 0.2) is 0 Å². The van der Waals surface area contributed by atoms with Gasteiger partial charge in [-0.25, -0.2) is 0 Å². The first-order valence-corrected chi connectivity index (χ1v) is 5.55. The molecule has 0 bridgehead atoms. The maximum absolute atomic E-state index is 3.29. The maximum Gasteiger partial charge on any atom is 0.0353 e. The SMILES string of the molecule is CNCC1CN(C)CCN1C(C)(C)C. The molecule has 1 unspecified atom stereocenters. The fraction of sp³-hybridized carbons (Fsp3) is 1.00. The molecule has 0 spiro atoms. The minimum absolute atomic E-state index is 0.294. The van der Waals surface area contributed by atoms with Crippen LogP contribution in [0.2, 0.25) is 0 Å². The van der Waals surface area contributed by atoms with Crippen molar-refractivity contribution in [3.63, 3.8) is 0 Å². The van der Waals surface area contributed by atoms with Gasteiger partial charge in [-0.1, -0.05) is 0 Å². The monoisotopic (exact) mass is 199 g/mol. The van der Waals surface area contributed by atoms with Gasteiger partial charge >= 0.3 is 0 Å². The molecule has 84 valence electrons. The largest absolute Gasteiger partial charge is 0.318 e. The molecule has 1 N–H and O–H groups in total. The van der Waals surface area contributed by atoms with Crippen molar-refractivity contribution in [2.24, 2.45) is 0 Å². The molecule has 1 atom stereocenters. The van der Waals surface area contributed by atoms with E-state index in [1.54, 1.807) is 0 Å². The molecular weight excluding hydrogens is 174 g/mol. The Balaban J connectivity index is 2.62. The van der Waals surface area contributed by atoms with Crippen LogP contribution in [0.5, 0.6) is 0 Å². The number of hydrogen-bond acceptors (Lipinski definition) is 3. The van der Waals surface area contributed by atoms with E-state index in [2.05, 4.69) is 42.9 Å². The van der Waals surface area contributed by atoms with Gasteiger partial charge in [0.25, 0.3) is 0 Å². The highest BCUT2D eigenvalue weighted by Crippen LogP contribution is 2.19. The van der Waals surface area contributed by atoms with Crippen LogP contribution in [-0.4, -0.2) is 61.7 Å². The third kappa shape index (κ3) is 2.94. The van der Waals surface area contributed by atoms with Crippen molar-refractivity contribution in [1.29, 1.82) is 0 Å². The van der Waals surface area contributed by atoms with Crippen LogP contribution in [0.4, 0.5) is 0 Å². The normalized spacial score (nSPS) is 26.8. The summed E-state index contributed by atoms with van der Waals surface area (Å²) in [5, 5.41) is 3.29. The average molecular weight is 199 g/mol. The predicted octanol–water partition coefficient (Wildman–Crippen LogP) is 0.620. The molecule has 0 radical (unpaired) electrons. The number of hydrogen-bond donors (Lipinski definition) is 1. The molecule has 1 rings (SSSR count). The van der Waals surface area contributed by atoms with Crippen LogP contribution >= 0.6 is 0 Å². The van der Waals surface area contributed by atoms with Crippen LogP contribution in [-0.2, 0) is 0 Å². The summed E-state index contributed by atoms with van der Waals surface area (Å²) in [5.74, 6) is 0. The Morgan fingerprint density at radius 2 is 1.93 bits per heavy atom. The Kier molecular flexibility index (Phi) is 3.93. The highest BCUT2D eigenvalue weighted by Gasteiger charge is 2.32. The van der Waals surface area contributed by atoms with E-state index in [1.165, 1.54) is 19.6 Å². The van der Waals surface area contributed by atoms with Crippen molar-refractivity contribution >= 4 is 0 Å². The molecule has 1 aliphatic heterocycles.